The Bertz CT molecular complexity index is 921. The summed E-state index contributed by atoms with van der Waals surface area (Å²) in [5.74, 6) is -1.60. The molecule has 0 aliphatic carbocycles. The van der Waals surface area contributed by atoms with Crippen LogP contribution in [0.4, 0.5) is 13.6 Å². The normalized spacial score (nSPS) is 27.5. The number of hydrogen-bond acceptors (Lipinski definition) is 6. The number of imide groups is 1. The van der Waals surface area contributed by atoms with Crippen molar-refractivity contribution < 1.29 is 36.3 Å². The summed E-state index contributed by atoms with van der Waals surface area (Å²) in [5, 5.41) is 4.54. The van der Waals surface area contributed by atoms with Crippen LogP contribution in [0.3, 0.4) is 0 Å². The van der Waals surface area contributed by atoms with Gasteiger partial charge in [-0.1, -0.05) is 6.07 Å². The zero-order valence-corrected chi connectivity index (χ0v) is 13.9. The fourth-order valence-corrected chi connectivity index (χ4v) is 4.99. The summed E-state index contributed by atoms with van der Waals surface area (Å²) in [4.78, 5) is 23.0. The molecule has 0 bridgehead atoms. The van der Waals surface area contributed by atoms with Crippen molar-refractivity contribution in [3.05, 3.63) is 18.2 Å². The first-order valence-corrected chi connectivity index (χ1v) is 9.10. The number of carbonyl (C=O) groups excluding carboxylic acids is 2. The van der Waals surface area contributed by atoms with Gasteiger partial charge in [-0.15, -0.1) is 8.78 Å². The standard InChI is InChI=1S/C14H13F2N3O6S/c15-14(16)24-8-3-1-4-9(10(8)25-14)26(22,23)19-6-2-5-13(7-19)11(20)17-12(21)18-13/h1,3-4H,2,5-7H2,(H2,17,18,20,21)/t13-/m0/s1. The van der Waals surface area contributed by atoms with E-state index in [4.69, 9.17) is 0 Å². The van der Waals surface area contributed by atoms with Crippen LogP contribution in [0.5, 0.6) is 11.5 Å². The molecule has 140 valence electrons. The molecule has 4 rings (SSSR count). The molecule has 0 saturated carbocycles. The van der Waals surface area contributed by atoms with Gasteiger partial charge in [0.1, 0.15) is 10.4 Å². The highest BCUT2D eigenvalue weighted by atomic mass is 32.2. The van der Waals surface area contributed by atoms with Gasteiger partial charge in [-0.2, -0.15) is 4.31 Å². The zero-order valence-electron chi connectivity index (χ0n) is 13.1. The lowest BCUT2D eigenvalue weighted by Gasteiger charge is -2.37. The largest absolute Gasteiger partial charge is 0.586 e. The van der Waals surface area contributed by atoms with Crippen LogP contribution in [0.15, 0.2) is 23.1 Å². The fourth-order valence-electron chi connectivity index (χ4n) is 3.32. The maximum Gasteiger partial charge on any atom is 0.586 e. The number of nitrogens with one attached hydrogen (secondary N) is 2. The third-order valence-corrected chi connectivity index (χ3v) is 6.35. The number of ether oxygens (including phenoxy) is 2. The van der Waals surface area contributed by atoms with Gasteiger partial charge in [0.25, 0.3) is 5.91 Å². The molecule has 1 aromatic carbocycles. The molecule has 9 nitrogen and oxygen atoms in total. The third kappa shape index (κ3) is 2.48. The van der Waals surface area contributed by atoms with Crippen molar-refractivity contribution in [2.45, 2.75) is 29.6 Å². The van der Waals surface area contributed by atoms with Gasteiger partial charge >= 0.3 is 12.3 Å². The van der Waals surface area contributed by atoms with Crippen molar-refractivity contribution in [2.24, 2.45) is 0 Å². The predicted molar refractivity (Wildman–Crippen MR) is 80.0 cm³/mol. The van der Waals surface area contributed by atoms with Gasteiger partial charge in [-0.3, -0.25) is 10.1 Å². The second-order valence-corrected chi connectivity index (χ2v) is 8.09. The molecule has 1 spiro atoms. The number of urea groups is 1. The molecule has 3 aliphatic heterocycles. The molecular formula is C14H13F2N3O6S. The Kier molecular flexibility index (Phi) is 3.44. The molecule has 2 N–H and O–H groups in total. The van der Waals surface area contributed by atoms with E-state index in [-0.39, 0.29) is 19.5 Å². The quantitative estimate of drug-likeness (QED) is 0.707. The van der Waals surface area contributed by atoms with Gasteiger partial charge in [0, 0.05) is 13.1 Å². The molecule has 0 aromatic heterocycles. The van der Waals surface area contributed by atoms with E-state index >= 15 is 0 Å². The van der Waals surface area contributed by atoms with Crippen LogP contribution in [0.1, 0.15) is 12.8 Å². The Morgan fingerprint density at radius 2 is 1.96 bits per heavy atom. The predicted octanol–water partition coefficient (Wildman–Crippen LogP) is 0.371. The number of nitrogens with zero attached hydrogens (tertiary/aromatic N) is 1. The van der Waals surface area contributed by atoms with Crippen molar-refractivity contribution in [3.8, 4) is 11.5 Å². The molecule has 12 heteroatoms. The van der Waals surface area contributed by atoms with E-state index in [2.05, 4.69) is 20.1 Å². The van der Waals surface area contributed by atoms with E-state index in [0.717, 1.165) is 16.4 Å². The van der Waals surface area contributed by atoms with Crippen molar-refractivity contribution in [2.75, 3.05) is 13.1 Å². The number of rotatable bonds is 2. The average molecular weight is 389 g/mol. The van der Waals surface area contributed by atoms with Crippen LogP contribution in [0.2, 0.25) is 0 Å². The van der Waals surface area contributed by atoms with E-state index in [1.807, 2.05) is 0 Å². The lowest BCUT2D eigenvalue weighted by Crippen LogP contribution is -2.59. The monoisotopic (exact) mass is 389 g/mol. The Hall–Kier alpha value is -2.47. The van der Waals surface area contributed by atoms with E-state index in [9.17, 15) is 26.8 Å². The first kappa shape index (κ1) is 17.0. The van der Waals surface area contributed by atoms with Gasteiger partial charge in [0.15, 0.2) is 11.5 Å². The summed E-state index contributed by atoms with van der Waals surface area (Å²) < 4.78 is 62.2. The average Bonchev–Trinajstić information content (AvgIpc) is 3.01. The number of carbonyl (C=O) groups is 2. The summed E-state index contributed by atoms with van der Waals surface area (Å²) in [7, 11) is -4.28. The maximum atomic E-state index is 13.3. The highest BCUT2D eigenvalue weighted by Crippen LogP contribution is 2.46. The summed E-state index contributed by atoms with van der Waals surface area (Å²) in [6.07, 6.45) is -3.40. The number of hydrogen-bond donors (Lipinski definition) is 2. The molecule has 26 heavy (non-hydrogen) atoms. The summed E-state index contributed by atoms with van der Waals surface area (Å²) in [6, 6.07) is 2.83. The molecular weight excluding hydrogens is 376 g/mol. The Morgan fingerprint density at radius 3 is 2.65 bits per heavy atom. The molecule has 0 radical (unpaired) electrons. The van der Waals surface area contributed by atoms with Crippen molar-refractivity contribution in [1.29, 1.82) is 0 Å². The van der Waals surface area contributed by atoms with E-state index in [0.29, 0.717) is 6.42 Å². The second-order valence-electron chi connectivity index (χ2n) is 6.18. The van der Waals surface area contributed by atoms with Crippen LogP contribution in [-0.4, -0.2) is 49.6 Å². The lowest BCUT2D eigenvalue weighted by atomic mass is 9.90. The Labute approximate surface area is 146 Å². The summed E-state index contributed by atoms with van der Waals surface area (Å²) in [6.45, 7) is -0.248. The molecule has 1 atom stereocenters. The molecule has 1 aromatic rings. The number of alkyl halides is 2. The number of amides is 3. The van der Waals surface area contributed by atoms with E-state index in [1.165, 1.54) is 6.07 Å². The highest BCUT2D eigenvalue weighted by molar-refractivity contribution is 7.89. The lowest BCUT2D eigenvalue weighted by molar-refractivity contribution is -0.287. The Balaban J connectivity index is 1.70. The summed E-state index contributed by atoms with van der Waals surface area (Å²) in [5.41, 5.74) is -1.37. The number of para-hydroxylation sites is 1. The number of piperidine rings is 1. The first-order valence-electron chi connectivity index (χ1n) is 7.66. The van der Waals surface area contributed by atoms with Crippen LogP contribution < -0.4 is 20.1 Å². The smallest absolute Gasteiger partial charge is 0.395 e. The zero-order chi connectivity index (χ0) is 18.7. The molecule has 3 heterocycles. The van der Waals surface area contributed by atoms with Crippen molar-refractivity contribution in [1.82, 2.24) is 14.9 Å². The number of fused-ring (bicyclic) bond motifs is 1. The van der Waals surface area contributed by atoms with Gasteiger partial charge in [-0.05, 0) is 25.0 Å². The van der Waals surface area contributed by atoms with Gasteiger partial charge in [0.05, 0.1) is 0 Å². The second kappa shape index (κ2) is 5.27. The minimum absolute atomic E-state index is 0.0636. The van der Waals surface area contributed by atoms with Crippen molar-refractivity contribution in [3.63, 3.8) is 0 Å². The minimum Gasteiger partial charge on any atom is -0.395 e. The molecule has 3 aliphatic rings. The molecule has 2 fully saturated rings. The first-order chi connectivity index (χ1) is 12.1. The highest BCUT2D eigenvalue weighted by Gasteiger charge is 2.52. The van der Waals surface area contributed by atoms with Crippen molar-refractivity contribution >= 4 is 22.0 Å². The topological polar surface area (TPSA) is 114 Å². The molecule has 2 saturated heterocycles. The maximum absolute atomic E-state index is 13.3. The van der Waals surface area contributed by atoms with Crippen LogP contribution in [0, 0.1) is 0 Å². The van der Waals surface area contributed by atoms with Crippen LogP contribution in [0.25, 0.3) is 0 Å². The third-order valence-electron chi connectivity index (χ3n) is 4.48. The number of sulfonamides is 1. The van der Waals surface area contributed by atoms with Gasteiger partial charge < -0.3 is 14.8 Å². The number of halogens is 2. The molecule has 3 amide bonds. The Morgan fingerprint density at radius 1 is 1.19 bits per heavy atom. The van der Waals surface area contributed by atoms with E-state index in [1.54, 1.807) is 0 Å². The van der Waals surface area contributed by atoms with Crippen LogP contribution in [-0.2, 0) is 14.8 Å². The fraction of sp³-hybridized carbons (Fsp3) is 0.429. The molecule has 0 unspecified atom stereocenters. The van der Waals surface area contributed by atoms with E-state index < -0.39 is 50.2 Å². The summed E-state index contributed by atoms with van der Waals surface area (Å²) >= 11 is 0. The SMILES string of the molecule is O=C1NC(=O)[C@@]2(CCCN(S(=O)(=O)c3cccc4c3OC(F)(F)O4)C2)N1. The van der Waals surface area contributed by atoms with Gasteiger partial charge in [0.2, 0.25) is 10.0 Å². The van der Waals surface area contributed by atoms with Gasteiger partial charge in [-0.25, -0.2) is 13.2 Å². The minimum atomic E-state index is -4.28. The van der Waals surface area contributed by atoms with Crippen LogP contribution >= 0.6 is 0 Å². The number of benzene rings is 1.